The Hall–Kier alpha value is -1.99. The molecule has 2 fully saturated rings. The van der Waals surface area contributed by atoms with Crippen LogP contribution in [0.25, 0.3) is 0 Å². The summed E-state index contributed by atoms with van der Waals surface area (Å²) < 4.78 is 10.9. The van der Waals surface area contributed by atoms with E-state index in [0.29, 0.717) is 29.8 Å². The lowest BCUT2D eigenvalue weighted by molar-refractivity contribution is -0.123. The van der Waals surface area contributed by atoms with Crippen LogP contribution >= 0.6 is 12.4 Å². The number of hydrogen-bond donors (Lipinski definition) is 3. The summed E-state index contributed by atoms with van der Waals surface area (Å²) in [5, 5.41) is 5.81. The molecule has 0 aromatic heterocycles. The molecule has 2 aliphatic rings. The Kier molecular flexibility index (Phi) is 7.74. The van der Waals surface area contributed by atoms with Gasteiger partial charge in [0.15, 0.2) is 18.1 Å². The maximum Gasteiger partial charge on any atom is 0.258 e. The average molecular weight is 398 g/mol. The van der Waals surface area contributed by atoms with Gasteiger partial charge in [-0.2, -0.15) is 0 Å². The Morgan fingerprint density at radius 2 is 1.96 bits per heavy atom. The molecule has 0 bridgehead atoms. The minimum absolute atomic E-state index is 0. The molecule has 0 unspecified atom stereocenters. The summed E-state index contributed by atoms with van der Waals surface area (Å²) in [6.07, 6.45) is 4.96. The Labute approximate surface area is 165 Å². The number of amides is 2. The molecule has 0 heterocycles. The first kappa shape index (κ1) is 21.3. The van der Waals surface area contributed by atoms with E-state index in [9.17, 15) is 9.59 Å². The van der Waals surface area contributed by atoms with Crippen molar-refractivity contribution in [2.24, 2.45) is 17.6 Å². The van der Waals surface area contributed by atoms with Crippen molar-refractivity contribution in [1.82, 2.24) is 5.32 Å². The highest BCUT2D eigenvalue weighted by Crippen LogP contribution is 2.34. The highest BCUT2D eigenvalue weighted by atomic mass is 35.5. The Morgan fingerprint density at radius 1 is 1.19 bits per heavy atom. The molecule has 0 aliphatic heterocycles. The zero-order valence-corrected chi connectivity index (χ0v) is 16.3. The standard InChI is InChI=1S/C19H27N3O4.ClH/c1-25-16-8-7-14(22-19(24)15-4-2-3-12(15)10-20)9-17(16)26-11-18(23)21-13-5-6-13;/h7-9,12-13,15H,2-6,10-11,20H2,1H3,(H,21,23)(H,22,24);1H/t12-,15-;/m1./s1. The van der Waals surface area contributed by atoms with E-state index in [0.717, 1.165) is 32.1 Å². The molecular formula is C19H28ClN3O4. The second-order valence-corrected chi connectivity index (χ2v) is 7.02. The SMILES string of the molecule is COc1ccc(NC(=O)[C@@H]2CCC[C@@H]2CN)cc1OCC(=O)NC1CC1.Cl. The molecule has 2 aliphatic carbocycles. The second-order valence-electron chi connectivity index (χ2n) is 7.02. The van der Waals surface area contributed by atoms with E-state index in [1.165, 1.54) is 7.11 Å². The summed E-state index contributed by atoms with van der Waals surface area (Å²) in [4.78, 5) is 24.4. The summed E-state index contributed by atoms with van der Waals surface area (Å²) in [7, 11) is 1.54. The Morgan fingerprint density at radius 3 is 2.63 bits per heavy atom. The first-order valence-electron chi connectivity index (χ1n) is 9.22. The van der Waals surface area contributed by atoms with Gasteiger partial charge in [0.05, 0.1) is 7.11 Å². The average Bonchev–Trinajstić information content (AvgIpc) is 3.32. The predicted octanol–water partition coefficient (Wildman–Crippen LogP) is 2.09. The van der Waals surface area contributed by atoms with Crippen molar-refractivity contribution in [2.75, 3.05) is 25.6 Å². The number of nitrogens with one attached hydrogen (secondary N) is 2. The topological polar surface area (TPSA) is 103 Å². The van der Waals surface area contributed by atoms with E-state index in [1.807, 2.05) is 0 Å². The zero-order chi connectivity index (χ0) is 18.5. The molecule has 150 valence electrons. The fourth-order valence-corrected chi connectivity index (χ4v) is 3.41. The van der Waals surface area contributed by atoms with Crippen LogP contribution < -0.4 is 25.8 Å². The lowest BCUT2D eigenvalue weighted by atomic mass is 9.95. The molecule has 1 aromatic rings. The van der Waals surface area contributed by atoms with E-state index < -0.39 is 0 Å². The minimum Gasteiger partial charge on any atom is -0.493 e. The molecule has 2 atom stereocenters. The molecule has 0 radical (unpaired) electrons. The third kappa shape index (κ3) is 5.74. The number of carbonyl (C=O) groups is 2. The first-order chi connectivity index (χ1) is 12.6. The van der Waals surface area contributed by atoms with Gasteiger partial charge >= 0.3 is 0 Å². The van der Waals surface area contributed by atoms with Crippen molar-refractivity contribution in [3.8, 4) is 11.5 Å². The Balaban J connectivity index is 0.00000261. The number of carbonyl (C=O) groups excluding carboxylic acids is 2. The molecule has 27 heavy (non-hydrogen) atoms. The van der Waals surface area contributed by atoms with Gasteiger partial charge in [-0.3, -0.25) is 9.59 Å². The normalized spacial score (nSPS) is 21.1. The van der Waals surface area contributed by atoms with Crippen LogP contribution in [0.4, 0.5) is 5.69 Å². The van der Waals surface area contributed by atoms with Gasteiger partial charge in [-0.05, 0) is 50.3 Å². The second kappa shape index (κ2) is 9.80. The molecule has 1 aromatic carbocycles. The van der Waals surface area contributed by atoms with E-state index in [2.05, 4.69) is 10.6 Å². The molecule has 8 heteroatoms. The van der Waals surface area contributed by atoms with Gasteiger partial charge < -0.3 is 25.8 Å². The van der Waals surface area contributed by atoms with Crippen LogP contribution in [0, 0.1) is 11.8 Å². The van der Waals surface area contributed by atoms with Gasteiger partial charge in [0.25, 0.3) is 5.91 Å². The van der Waals surface area contributed by atoms with E-state index in [-0.39, 0.29) is 42.7 Å². The minimum atomic E-state index is -0.152. The number of anilines is 1. The van der Waals surface area contributed by atoms with Gasteiger partial charge in [-0.25, -0.2) is 0 Å². The summed E-state index contributed by atoms with van der Waals surface area (Å²) >= 11 is 0. The molecule has 0 spiro atoms. The van der Waals surface area contributed by atoms with Gasteiger partial charge in [-0.1, -0.05) is 6.42 Å². The smallest absolute Gasteiger partial charge is 0.258 e. The largest absolute Gasteiger partial charge is 0.493 e. The molecular weight excluding hydrogens is 370 g/mol. The summed E-state index contributed by atoms with van der Waals surface area (Å²) in [5.74, 6) is 0.980. The maximum absolute atomic E-state index is 12.5. The van der Waals surface area contributed by atoms with Gasteiger partial charge in [0.1, 0.15) is 0 Å². The highest BCUT2D eigenvalue weighted by molar-refractivity contribution is 5.93. The van der Waals surface area contributed by atoms with Crippen LogP contribution in [0.3, 0.4) is 0 Å². The lowest BCUT2D eigenvalue weighted by Gasteiger charge is -2.18. The number of rotatable bonds is 8. The molecule has 2 saturated carbocycles. The number of methoxy groups -OCH3 is 1. The van der Waals surface area contributed by atoms with Gasteiger partial charge in [-0.15, -0.1) is 12.4 Å². The van der Waals surface area contributed by atoms with Crippen LogP contribution in [0.15, 0.2) is 18.2 Å². The van der Waals surface area contributed by atoms with Crippen molar-refractivity contribution in [2.45, 2.75) is 38.1 Å². The lowest BCUT2D eigenvalue weighted by Crippen LogP contribution is -2.30. The summed E-state index contributed by atoms with van der Waals surface area (Å²) in [5.41, 5.74) is 6.39. The van der Waals surface area contributed by atoms with Crippen molar-refractivity contribution in [3.63, 3.8) is 0 Å². The molecule has 2 amide bonds. The van der Waals surface area contributed by atoms with Crippen LogP contribution in [0.5, 0.6) is 11.5 Å². The third-order valence-electron chi connectivity index (χ3n) is 5.03. The predicted molar refractivity (Wildman–Crippen MR) is 105 cm³/mol. The maximum atomic E-state index is 12.5. The number of ether oxygens (including phenoxy) is 2. The summed E-state index contributed by atoms with van der Waals surface area (Å²) in [6, 6.07) is 5.47. The monoisotopic (exact) mass is 397 g/mol. The molecule has 3 rings (SSSR count). The van der Waals surface area contributed by atoms with E-state index in [1.54, 1.807) is 18.2 Å². The Bertz CT molecular complexity index is 666. The number of benzene rings is 1. The van der Waals surface area contributed by atoms with E-state index in [4.69, 9.17) is 15.2 Å². The van der Waals surface area contributed by atoms with Crippen molar-refractivity contribution >= 4 is 29.9 Å². The fraction of sp³-hybridized carbons (Fsp3) is 0.579. The van der Waals surface area contributed by atoms with Crippen LogP contribution in [0.2, 0.25) is 0 Å². The zero-order valence-electron chi connectivity index (χ0n) is 15.5. The van der Waals surface area contributed by atoms with Crippen molar-refractivity contribution in [1.29, 1.82) is 0 Å². The molecule has 0 saturated heterocycles. The van der Waals surface area contributed by atoms with Gasteiger partial charge in [0, 0.05) is 23.7 Å². The number of nitrogens with two attached hydrogens (primary N) is 1. The molecule has 7 nitrogen and oxygen atoms in total. The number of hydrogen-bond acceptors (Lipinski definition) is 5. The van der Waals surface area contributed by atoms with Crippen LogP contribution in [-0.4, -0.2) is 38.1 Å². The van der Waals surface area contributed by atoms with Crippen molar-refractivity contribution < 1.29 is 19.1 Å². The summed E-state index contributed by atoms with van der Waals surface area (Å²) in [6.45, 7) is 0.452. The van der Waals surface area contributed by atoms with Gasteiger partial charge in [0.2, 0.25) is 5.91 Å². The fourth-order valence-electron chi connectivity index (χ4n) is 3.41. The van der Waals surface area contributed by atoms with Crippen LogP contribution in [-0.2, 0) is 9.59 Å². The molecule has 4 N–H and O–H groups in total. The number of halogens is 1. The van der Waals surface area contributed by atoms with E-state index >= 15 is 0 Å². The third-order valence-corrected chi connectivity index (χ3v) is 5.03. The van der Waals surface area contributed by atoms with Crippen molar-refractivity contribution in [3.05, 3.63) is 18.2 Å². The van der Waals surface area contributed by atoms with Crippen LogP contribution in [0.1, 0.15) is 32.1 Å². The quantitative estimate of drug-likeness (QED) is 0.623. The first-order valence-corrected chi connectivity index (χ1v) is 9.22. The highest BCUT2D eigenvalue weighted by Gasteiger charge is 2.32.